The summed E-state index contributed by atoms with van der Waals surface area (Å²) in [5.74, 6) is -1.71. The van der Waals surface area contributed by atoms with Crippen LogP contribution in [-0.2, 0) is 9.59 Å². The second-order valence-corrected chi connectivity index (χ2v) is 4.06. The van der Waals surface area contributed by atoms with Crippen molar-refractivity contribution in [3.05, 3.63) is 30.1 Å². The molecule has 1 aromatic rings. The minimum atomic E-state index is -0.928. The Kier molecular flexibility index (Phi) is 3.08. The molecule has 17 heavy (non-hydrogen) atoms. The topological polar surface area (TPSA) is 70.5 Å². The van der Waals surface area contributed by atoms with Gasteiger partial charge in [-0.05, 0) is 18.6 Å². The van der Waals surface area contributed by atoms with Crippen LogP contribution in [0.2, 0.25) is 0 Å². The van der Waals surface area contributed by atoms with E-state index < -0.39 is 17.9 Å². The number of likely N-dealkylation sites (tertiary alicyclic amines) is 1. The van der Waals surface area contributed by atoms with Crippen LogP contribution in [0.3, 0.4) is 0 Å². The standard InChI is InChI=1S/C12H14N2O3/c1-2-14-10(15)6-9(12(16)17)11(14)8-4-3-5-13-7-8/h3-5,7,9,11H,2,6H2,1H3,(H,16,17)/t9?,11-/m1/s1. The molecule has 1 aliphatic heterocycles. The zero-order valence-electron chi connectivity index (χ0n) is 9.54. The first kappa shape index (κ1) is 11.6. The number of hydrogen-bond acceptors (Lipinski definition) is 3. The number of carbonyl (C=O) groups is 2. The van der Waals surface area contributed by atoms with E-state index in [0.717, 1.165) is 5.56 Å². The number of carbonyl (C=O) groups excluding carboxylic acids is 1. The number of carboxylic acid groups (broad SMARTS) is 1. The van der Waals surface area contributed by atoms with Gasteiger partial charge in [-0.25, -0.2) is 0 Å². The number of pyridine rings is 1. The number of nitrogens with zero attached hydrogens (tertiary/aromatic N) is 2. The first-order valence-corrected chi connectivity index (χ1v) is 5.57. The highest BCUT2D eigenvalue weighted by molar-refractivity contribution is 5.87. The zero-order valence-corrected chi connectivity index (χ0v) is 9.54. The van der Waals surface area contributed by atoms with Gasteiger partial charge in [-0.2, -0.15) is 0 Å². The summed E-state index contributed by atoms with van der Waals surface area (Å²) in [5, 5.41) is 9.18. The van der Waals surface area contributed by atoms with E-state index in [0.29, 0.717) is 6.54 Å². The lowest BCUT2D eigenvalue weighted by atomic mass is 9.95. The maximum Gasteiger partial charge on any atom is 0.309 e. The number of rotatable bonds is 3. The zero-order chi connectivity index (χ0) is 12.4. The molecule has 1 N–H and O–H groups in total. The van der Waals surface area contributed by atoms with Crippen LogP contribution in [-0.4, -0.2) is 33.4 Å². The molecule has 1 amide bonds. The number of aliphatic carboxylic acids is 1. The molecule has 1 aliphatic rings. The summed E-state index contributed by atoms with van der Waals surface area (Å²) in [4.78, 5) is 28.5. The van der Waals surface area contributed by atoms with Gasteiger partial charge in [0.1, 0.15) is 0 Å². The highest BCUT2D eigenvalue weighted by Gasteiger charge is 2.43. The fourth-order valence-corrected chi connectivity index (χ4v) is 2.35. The van der Waals surface area contributed by atoms with Crippen molar-refractivity contribution in [2.24, 2.45) is 5.92 Å². The van der Waals surface area contributed by atoms with E-state index in [2.05, 4.69) is 4.98 Å². The van der Waals surface area contributed by atoms with Crippen LogP contribution in [0.25, 0.3) is 0 Å². The molecule has 0 radical (unpaired) electrons. The first-order valence-electron chi connectivity index (χ1n) is 5.57. The Balaban J connectivity index is 2.39. The molecule has 90 valence electrons. The van der Waals surface area contributed by atoms with Gasteiger partial charge < -0.3 is 10.0 Å². The van der Waals surface area contributed by atoms with Gasteiger partial charge in [-0.3, -0.25) is 14.6 Å². The average Bonchev–Trinajstić information content (AvgIpc) is 2.67. The molecular formula is C12H14N2O3. The predicted molar refractivity (Wildman–Crippen MR) is 60.1 cm³/mol. The number of amides is 1. The van der Waals surface area contributed by atoms with E-state index in [1.807, 2.05) is 13.0 Å². The fraction of sp³-hybridized carbons (Fsp3) is 0.417. The van der Waals surface area contributed by atoms with Crippen molar-refractivity contribution >= 4 is 11.9 Å². The van der Waals surface area contributed by atoms with Crippen molar-refractivity contribution < 1.29 is 14.7 Å². The maximum atomic E-state index is 11.7. The predicted octanol–water partition coefficient (Wildman–Crippen LogP) is 1.08. The normalized spacial score (nSPS) is 24.1. The highest BCUT2D eigenvalue weighted by atomic mass is 16.4. The Morgan fingerprint density at radius 1 is 1.65 bits per heavy atom. The molecule has 2 heterocycles. The minimum absolute atomic E-state index is 0.0722. The average molecular weight is 234 g/mol. The van der Waals surface area contributed by atoms with E-state index in [4.69, 9.17) is 0 Å². The molecule has 2 rings (SSSR count). The van der Waals surface area contributed by atoms with Crippen molar-refractivity contribution in [2.75, 3.05) is 6.54 Å². The SMILES string of the molecule is CCN1C(=O)CC(C(=O)O)[C@H]1c1cccnc1. The lowest BCUT2D eigenvalue weighted by Gasteiger charge is -2.25. The fourth-order valence-electron chi connectivity index (χ4n) is 2.35. The molecule has 0 bridgehead atoms. The van der Waals surface area contributed by atoms with E-state index in [9.17, 15) is 14.7 Å². The molecule has 2 atom stereocenters. The quantitative estimate of drug-likeness (QED) is 0.849. The number of carboxylic acids is 1. The maximum absolute atomic E-state index is 11.7. The molecule has 1 fully saturated rings. The summed E-state index contributed by atoms with van der Waals surface area (Å²) in [6.45, 7) is 2.37. The van der Waals surface area contributed by atoms with Gasteiger partial charge in [0.05, 0.1) is 12.0 Å². The third-order valence-electron chi connectivity index (χ3n) is 3.12. The molecule has 1 aromatic heterocycles. The molecule has 5 nitrogen and oxygen atoms in total. The van der Waals surface area contributed by atoms with Crippen LogP contribution in [0.1, 0.15) is 24.9 Å². The molecule has 0 aliphatic carbocycles. The second-order valence-electron chi connectivity index (χ2n) is 4.06. The Hall–Kier alpha value is -1.91. The molecule has 0 saturated carbocycles. The molecule has 1 unspecified atom stereocenters. The monoisotopic (exact) mass is 234 g/mol. The van der Waals surface area contributed by atoms with Gasteiger partial charge in [0.15, 0.2) is 0 Å². The van der Waals surface area contributed by atoms with Gasteiger partial charge in [-0.1, -0.05) is 6.07 Å². The van der Waals surface area contributed by atoms with Crippen LogP contribution in [0, 0.1) is 5.92 Å². The highest BCUT2D eigenvalue weighted by Crippen LogP contribution is 2.37. The van der Waals surface area contributed by atoms with Crippen molar-refractivity contribution in [1.29, 1.82) is 0 Å². The first-order chi connectivity index (χ1) is 8.15. The Morgan fingerprint density at radius 2 is 2.41 bits per heavy atom. The van der Waals surface area contributed by atoms with Gasteiger partial charge in [0.25, 0.3) is 0 Å². The summed E-state index contributed by atoms with van der Waals surface area (Å²) < 4.78 is 0. The summed E-state index contributed by atoms with van der Waals surface area (Å²) in [6, 6.07) is 3.18. The van der Waals surface area contributed by atoms with Crippen LogP contribution in [0.4, 0.5) is 0 Å². The molecule has 0 spiro atoms. The minimum Gasteiger partial charge on any atom is -0.481 e. The van der Waals surface area contributed by atoms with Crippen LogP contribution in [0.5, 0.6) is 0 Å². The van der Waals surface area contributed by atoms with E-state index >= 15 is 0 Å². The lowest BCUT2D eigenvalue weighted by molar-refractivity contribution is -0.142. The largest absolute Gasteiger partial charge is 0.481 e. The third-order valence-corrected chi connectivity index (χ3v) is 3.12. The van der Waals surface area contributed by atoms with Crippen molar-refractivity contribution in [1.82, 2.24) is 9.88 Å². The van der Waals surface area contributed by atoms with Gasteiger partial charge >= 0.3 is 5.97 Å². The lowest BCUT2D eigenvalue weighted by Crippen LogP contribution is -2.30. The molecular weight excluding hydrogens is 220 g/mol. The summed E-state index contributed by atoms with van der Waals surface area (Å²) in [5.41, 5.74) is 0.785. The van der Waals surface area contributed by atoms with Crippen LogP contribution >= 0.6 is 0 Å². The summed E-state index contributed by atoms with van der Waals surface area (Å²) in [7, 11) is 0. The van der Waals surface area contributed by atoms with Crippen molar-refractivity contribution in [3.8, 4) is 0 Å². The summed E-state index contributed by atoms with van der Waals surface area (Å²) in [6.07, 6.45) is 3.33. The van der Waals surface area contributed by atoms with E-state index in [-0.39, 0.29) is 12.3 Å². The molecule has 1 saturated heterocycles. The van der Waals surface area contributed by atoms with Crippen LogP contribution in [0.15, 0.2) is 24.5 Å². The number of hydrogen-bond donors (Lipinski definition) is 1. The van der Waals surface area contributed by atoms with Crippen molar-refractivity contribution in [3.63, 3.8) is 0 Å². The molecule has 5 heteroatoms. The Labute approximate surface area is 99.1 Å². The Bertz CT molecular complexity index is 433. The van der Waals surface area contributed by atoms with E-state index in [1.54, 1.807) is 23.4 Å². The number of aromatic nitrogens is 1. The summed E-state index contributed by atoms with van der Waals surface area (Å²) >= 11 is 0. The molecule has 0 aromatic carbocycles. The van der Waals surface area contributed by atoms with Crippen LogP contribution < -0.4 is 0 Å². The smallest absolute Gasteiger partial charge is 0.309 e. The third kappa shape index (κ3) is 2.00. The van der Waals surface area contributed by atoms with E-state index in [1.165, 1.54) is 0 Å². The van der Waals surface area contributed by atoms with Crippen molar-refractivity contribution in [2.45, 2.75) is 19.4 Å². The Morgan fingerprint density at radius 3 is 2.94 bits per heavy atom. The van der Waals surface area contributed by atoms with Gasteiger partial charge in [0, 0.05) is 25.4 Å². The van der Waals surface area contributed by atoms with Gasteiger partial charge in [0.2, 0.25) is 5.91 Å². The van der Waals surface area contributed by atoms with Gasteiger partial charge in [-0.15, -0.1) is 0 Å². The second kappa shape index (κ2) is 4.53.